The molecule has 0 aliphatic rings. The molecule has 3 aromatic rings. The van der Waals surface area contributed by atoms with Gasteiger partial charge in [0.1, 0.15) is 6.61 Å². The molecule has 0 bridgehead atoms. The summed E-state index contributed by atoms with van der Waals surface area (Å²) in [5.74, 6) is 0.272. The van der Waals surface area contributed by atoms with Crippen LogP contribution in [-0.2, 0) is 4.74 Å². The van der Waals surface area contributed by atoms with Crippen molar-refractivity contribution >= 4 is 28.6 Å². The summed E-state index contributed by atoms with van der Waals surface area (Å²) in [5.41, 5.74) is 0. The third kappa shape index (κ3) is 3.08. The Labute approximate surface area is 135 Å². The van der Waals surface area contributed by atoms with Gasteiger partial charge < -0.3 is 9.47 Å². The normalized spacial score (nSPS) is 10.8. The largest absolute Gasteiger partial charge is 0.460 e. The monoisotopic (exact) mass is 335 g/mol. The fraction of sp³-hybridized carbons (Fsp3) is 0.214. The van der Waals surface area contributed by atoms with Crippen molar-refractivity contribution in [3.05, 3.63) is 39.9 Å². The van der Waals surface area contributed by atoms with Gasteiger partial charge in [0.25, 0.3) is 5.91 Å². The van der Waals surface area contributed by atoms with E-state index in [1.54, 1.807) is 13.2 Å². The molecule has 3 heterocycles. The molecule has 3 rings (SSSR count). The van der Waals surface area contributed by atoms with Gasteiger partial charge >= 0.3 is 6.01 Å². The van der Waals surface area contributed by atoms with E-state index in [1.807, 2.05) is 29.0 Å². The molecule has 0 aromatic carbocycles. The smallest absolute Gasteiger partial charge is 0.336 e. The molecular weight excluding hydrogens is 322 g/mol. The first kappa shape index (κ1) is 14.9. The van der Waals surface area contributed by atoms with Crippen molar-refractivity contribution in [3.63, 3.8) is 0 Å². The lowest BCUT2D eigenvalue weighted by molar-refractivity contribution is 0.0947. The maximum Gasteiger partial charge on any atom is 0.336 e. The zero-order valence-corrected chi connectivity index (χ0v) is 13.4. The Hall–Kier alpha value is -2.03. The van der Waals surface area contributed by atoms with E-state index in [4.69, 9.17) is 9.47 Å². The van der Waals surface area contributed by atoms with Crippen molar-refractivity contribution < 1.29 is 14.3 Å². The number of rotatable bonds is 6. The molecule has 0 aliphatic heterocycles. The van der Waals surface area contributed by atoms with Crippen LogP contribution in [-0.4, -0.2) is 41.0 Å². The van der Waals surface area contributed by atoms with Crippen LogP contribution in [0.5, 0.6) is 6.01 Å². The van der Waals surface area contributed by atoms with Crippen molar-refractivity contribution in [3.8, 4) is 16.7 Å². The summed E-state index contributed by atoms with van der Waals surface area (Å²) in [6.45, 7) is 0.763. The van der Waals surface area contributed by atoms with Crippen LogP contribution in [0.4, 0.5) is 0 Å². The lowest BCUT2D eigenvalue weighted by Crippen LogP contribution is -2.14. The quantitative estimate of drug-likeness (QED) is 0.648. The molecule has 0 atom stereocenters. The molecule has 0 amide bonds. The Balaban J connectivity index is 1.94. The zero-order chi connectivity index (χ0) is 15.4. The summed E-state index contributed by atoms with van der Waals surface area (Å²) in [4.78, 5) is 18.3. The van der Waals surface area contributed by atoms with Gasteiger partial charge in [-0.15, -0.1) is 27.8 Å². The molecule has 0 fully saturated rings. The second-order valence-electron chi connectivity index (χ2n) is 4.23. The Kier molecular flexibility index (Phi) is 4.62. The topological polar surface area (TPSA) is 66.2 Å². The molecule has 0 saturated heterocycles. The van der Waals surface area contributed by atoms with E-state index in [2.05, 4.69) is 10.1 Å². The van der Waals surface area contributed by atoms with Gasteiger partial charge in [-0.25, -0.2) is 0 Å². The predicted molar refractivity (Wildman–Crippen MR) is 84.8 cm³/mol. The molecule has 0 unspecified atom stereocenters. The molecule has 8 heteroatoms. The van der Waals surface area contributed by atoms with Crippen LogP contribution in [0.15, 0.2) is 35.0 Å². The van der Waals surface area contributed by atoms with Crippen LogP contribution in [0.25, 0.3) is 10.7 Å². The molecular formula is C14H13N3O3S2. The molecule has 0 saturated carbocycles. The summed E-state index contributed by atoms with van der Waals surface area (Å²) in [6.07, 6.45) is 0. The summed E-state index contributed by atoms with van der Waals surface area (Å²) in [6, 6.07) is 7.56. The minimum Gasteiger partial charge on any atom is -0.460 e. The van der Waals surface area contributed by atoms with Gasteiger partial charge in [0.2, 0.25) is 0 Å². The van der Waals surface area contributed by atoms with Gasteiger partial charge in [0.15, 0.2) is 5.82 Å². The third-order valence-electron chi connectivity index (χ3n) is 2.77. The van der Waals surface area contributed by atoms with Crippen molar-refractivity contribution in [2.24, 2.45) is 0 Å². The van der Waals surface area contributed by atoms with Crippen LogP contribution >= 0.6 is 22.7 Å². The average molecular weight is 335 g/mol. The third-order valence-corrected chi connectivity index (χ3v) is 4.50. The highest BCUT2D eigenvalue weighted by Gasteiger charge is 2.21. The van der Waals surface area contributed by atoms with Crippen molar-refractivity contribution in [2.45, 2.75) is 0 Å². The van der Waals surface area contributed by atoms with Gasteiger partial charge in [0, 0.05) is 7.11 Å². The lowest BCUT2D eigenvalue weighted by Gasteiger charge is -2.00. The number of carbonyl (C=O) groups is 1. The first-order valence-electron chi connectivity index (χ1n) is 6.50. The molecule has 0 N–H and O–H groups in total. The molecule has 6 nitrogen and oxygen atoms in total. The second-order valence-corrected chi connectivity index (χ2v) is 6.13. The van der Waals surface area contributed by atoms with Crippen molar-refractivity contribution in [1.29, 1.82) is 0 Å². The van der Waals surface area contributed by atoms with E-state index in [1.165, 1.54) is 27.4 Å². The Bertz CT molecular complexity index is 736. The number of hydrogen-bond acceptors (Lipinski definition) is 7. The molecule has 3 aromatic heterocycles. The molecule has 0 aliphatic carbocycles. The minimum absolute atomic E-state index is 0.172. The fourth-order valence-corrected chi connectivity index (χ4v) is 3.13. The summed E-state index contributed by atoms with van der Waals surface area (Å²) < 4.78 is 11.6. The number of aromatic nitrogens is 3. The van der Waals surface area contributed by atoms with E-state index < -0.39 is 0 Å². The number of hydrogen-bond donors (Lipinski definition) is 0. The molecule has 114 valence electrons. The van der Waals surface area contributed by atoms with Crippen LogP contribution in [0.1, 0.15) is 9.67 Å². The second kappa shape index (κ2) is 6.82. The number of carbonyl (C=O) groups excluding carboxylic acids is 1. The van der Waals surface area contributed by atoms with Gasteiger partial charge in [-0.05, 0) is 22.9 Å². The molecule has 22 heavy (non-hydrogen) atoms. The highest BCUT2D eigenvalue weighted by Crippen LogP contribution is 2.26. The van der Waals surface area contributed by atoms with Gasteiger partial charge in [-0.3, -0.25) is 4.79 Å². The van der Waals surface area contributed by atoms with E-state index in [0.29, 0.717) is 23.9 Å². The van der Waals surface area contributed by atoms with Crippen LogP contribution in [0.2, 0.25) is 0 Å². The van der Waals surface area contributed by atoms with Gasteiger partial charge in [0.05, 0.1) is 16.4 Å². The maximum atomic E-state index is 12.6. The summed E-state index contributed by atoms with van der Waals surface area (Å²) >= 11 is 2.86. The summed E-state index contributed by atoms with van der Waals surface area (Å²) in [7, 11) is 1.59. The lowest BCUT2D eigenvalue weighted by atomic mass is 10.4. The maximum absolute atomic E-state index is 12.6. The number of methoxy groups -OCH3 is 1. The minimum atomic E-state index is -0.215. The van der Waals surface area contributed by atoms with Crippen molar-refractivity contribution in [1.82, 2.24) is 14.8 Å². The zero-order valence-electron chi connectivity index (χ0n) is 11.8. The standard InChI is InChI=1S/C14H13N3O3S2/c1-19-6-7-20-14-15-12(10-4-2-8-21-10)17(16-14)13(18)11-5-3-9-22-11/h2-5,8-9H,6-7H2,1H3. The van der Waals surface area contributed by atoms with E-state index >= 15 is 0 Å². The van der Waals surface area contributed by atoms with Crippen LogP contribution in [0.3, 0.4) is 0 Å². The fourth-order valence-electron chi connectivity index (χ4n) is 1.78. The van der Waals surface area contributed by atoms with E-state index in [0.717, 1.165) is 4.88 Å². The Morgan fingerprint density at radius 1 is 1.23 bits per heavy atom. The first-order chi connectivity index (χ1) is 10.8. The van der Waals surface area contributed by atoms with E-state index in [9.17, 15) is 4.79 Å². The predicted octanol–water partition coefficient (Wildman–Crippen LogP) is 2.78. The molecule has 0 radical (unpaired) electrons. The first-order valence-corrected chi connectivity index (χ1v) is 8.26. The highest BCUT2D eigenvalue weighted by molar-refractivity contribution is 7.13. The average Bonchev–Trinajstić information content (AvgIpc) is 3.27. The van der Waals surface area contributed by atoms with Gasteiger partial charge in [-0.2, -0.15) is 9.67 Å². The number of nitrogens with zero attached hydrogens (tertiary/aromatic N) is 3. The van der Waals surface area contributed by atoms with Gasteiger partial charge in [-0.1, -0.05) is 12.1 Å². The Morgan fingerprint density at radius 2 is 2.05 bits per heavy atom. The summed E-state index contributed by atoms with van der Waals surface area (Å²) in [5, 5.41) is 7.96. The Morgan fingerprint density at radius 3 is 2.73 bits per heavy atom. The SMILES string of the molecule is COCCOc1nc(-c2cccs2)n(C(=O)c2cccs2)n1. The highest BCUT2D eigenvalue weighted by atomic mass is 32.1. The number of ether oxygens (including phenoxy) is 2. The number of thiophene rings is 2. The van der Waals surface area contributed by atoms with Crippen molar-refractivity contribution in [2.75, 3.05) is 20.3 Å². The van der Waals surface area contributed by atoms with E-state index in [-0.39, 0.29) is 11.9 Å². The van der Waals surface area contributed by atoms with Crippen LogP contribution in [0, 0.1) is 0 Å². The van der Waals surface area contributed by atoms with Crippen LogP contribution < -0.4 is 4.74 Å². The molecule has 0 spiro atoms.